The number of aromatic nitrogens is 2. The number of imidazole rings is 1. The molecule has 0 aliphatic carbocycles. The standard InChI is InChI=1S/C16H15FN2O/c1-2-19-14-8-7-12(17)10-13(14)18-16(19)9-11-5-3-4-6-15(11)20/h3-8,10,20H,2,9H2,1H3. The van der Waals surface area contributed by atoms with Crippen LogP contribution in [0.1, 0.15) is 18.3 Å². The predicted molar refractivity (Wildman–Crippen MR) is 76.3 cm³/mol. The first-order valence-corrected chi connectivity index (χ1v) is 6.60. The molecule has 0 unspecified atom stereocenters. The second kappa shape index (κ2) is 4.96. The second-order valence-corrected chi connectivity index (χ2v) is 4.71. The van der Waals surface area contributed by atoms with Crippen molar-refractivity contribution in [1.29, 1.82) is 0 Å². The Bertz CT molecular complexity index is 764. The smallest absolute Gasteiger partial charge is 0.125 e. The molecule has 1 N–H and O–H groups in total. The van der Waals surface area contributed by atoms with Crippen molar-refractivity contribution in [2.24, 2.45) is 0 Å². The summed E-state index contributed by atoms with van der Waals surface area (Å²) in [4.78, 5) is 4.49. The Morgan fingerprint density at radius 2 is 2.00 bits per heavy atom. The van der Waals surface area contributed by atoms with Crippen LogP contribution in [0.15, 0.2) is 42.5 Å². The van der Waals surface area contributed by atoms with Gasteiger partial charge < -0.3 is 9.67 Å². The molecule has 0 aliphatic heterocycles. The molecule has 0 fully saturated rings. The fraction of sp³-hybridized carbons (Fsp3) is 0.188. The van der Waals surface area contributed by atoms with Gasteiger partial charge in [0.1, 0.15) is 17.4 Å². The highest BCUT2D eigenvalue weighted by Crippen LogP contribution is 2.23. The average molecular weight is 270 g/mol. The normalized spacial score (nSPS) is 11.1. The van der Waals surface area contributed by atoms with Gasteiger partial charge >= 0.3 is 0 Å². The van der Waals surface area contributed by atoms with Crippen LogP contribution in [0.5, 0.6) is 5.75 Å². The van der Waals surface area contributed by atoms with E-state index in [-0.39, 0.29) is 11.6 Å². The molecule has 0 atom stereocenters. The van der Waals surface area contributed by atoms with Crippen molar-refractivity contribution < 1.29 is 9.50 Å². The van der Waals surface area contributed by atoms with Gasteiger partial charge in [0, 0.05) is 24.6 Å². The van der Waals surface area contributed by atoms with Crippen LogP contribution in [0.2, 0.25) is 0 Å². The molecular weight excluding hydrogens is 255 g/mol. The minimum atomic E-state index is -0.285. The highest BCUT2D eigenvalue weighted by molar-refractivity contribution is 5.76. The zero-order valence-corrected chi connectivity index (χ0v) is 11.2. The molecule has 102 valence electrons. The van der Waals surface area contributed by atoms with Crippen LogP contribution in [0.3, 0.4) is 0 Å². The van der Waals surface area contributed by atoms with E-state index in [0.29, 0.717) is 11.9 Å². The van der Waals surface area contributed by atoms with Gasteiger partial charge in [-0.05, 0) is 25.1 Å². The molecular formula is C16H15FN2O. The number of phenols is 1. The number of rotatable bonds is 3. The molecule has 1 heterocycles. The van der Waals surface area contributed by atoms with Gasteiger partial charge in [-0.25, -0.2) is 9.37 Å². The summed E-state index contributed by atoms with van der Waals surface area (Å²) >= 11 is 0. The lowest BCUT2D eigenvalue weighted by atomic mass is 10.1. The molecule has 20 heavy (non-hydrogen) atoms. The van der Waals surface area contributed by atoms with Crippen LogP contribution in [0, 0.1) is 5.82 Å². The molecule has 0 radical (unpaired) electrons. The maximum atomic E-state index is 13.3. The van der Waals surface area contributed by atoms with Gasteiger partial charge in [-0.3, -0.25) is 0 Å². The van der Waals surface area contributed by atoms with E-state index in [2.05, 4.69) is 4.98 Å². The van der Waals surface area contributed by atoms with Crippen LogP contribution in [-0.4, -0.2) is 14.7 Å². The van der Waals surface area contributed by atoms with E-state index in [1.807, 2.05) is 23.6 Å². The summed E-state index contributed by atoms with van der Waals surface area (Å²) in [5, 5.41) is 9.86. The average Bonchev–Trinajstić information content (AvgIpc) is 2.77. The maximum absolute atomic E-state index is 13.3. The lowest BCUT2D eigenvalue weighted by molar-refractivity contribution is 0.468. The number of hydrogen-bond acceptors (Lipinski definition) is 2. The van der Waals surface area contributed by atoms with Crippen molar-refractivity contribution in [3.05, 3.63) is 59.7 Å². The number of aromatic hydroxyl groups is 1. The third-order valence-corrected chi connectivity index (χ3v) is 3.45. The Hall–Kier alpha value is -2.36. The van der Waals surface area contributed by atoms with E-state index >= 15 is 0 Å². The van der Waals surface area contributed by atoms with Crippen molar-refractivity contribution in [3.63, 3.8) is 0 Å². The minimum absolute atomic E-state index is 0.258. The molecule has 3 rings (SSSR count). The third kappa shape index (κ3) is 2.13. The number of hydrogen-bond donors (Lipinski definition) is 1. The van der Waals surface area contributed by atoms with Crippen LogP contribution in [0.25, 0.3) is 11.0 Å². The SMILES string of the molecule is CCn1c(Cc2ccccc2O)nc2cc(F)ccc21. The number of para-hydroxylation sites is 1. The van der Waals surface area contributed by atoms with Gasteiger partial charge in [-0.2, -0.15) is 0 Å². The topological polar surface area (TPSA) is 38.0 Å². The quantitative estimate of drug-likeness (QED) is 0.791. The molecule has 2 aromatic carbocycles. The summed E-state index contributed by atoms with van der Waals surface area (Å²) in [6.45, 7) is 2.78. The predicted octanol–water partition coefficient (Wildman–Crippen LogP) is 3.49. The Morgan fingerprint density at radius 1 is 1.20 bits per heavy atom. The number of fused-ring (bicyclic) bond motifs is 1. The fourth-order valence-corrected chi connectivity index (χ4v) is 2.47. The van der Waals surface area contributed by atoms with E-state index in [1.54, 1.807) is 18.2 Å². The summed E-state index contributed by atoms with van der Waals surface area (Å²) in [5.41, 5.74) is 2.38. The van der Waals surface area contributed by atoms with Gasteiger partial charge in [0.15, 0.2) is 0 Å². The largest absolute Gasteiger partial charge is 0.508 e. The monoisotopic (exact) mass is 270 g/mol. The molecule has 0 saturated carbocycles. The second-order valence-electron chi connectivity index (χ2n) is 4.71. The summed E-state index contributed by atoms with van der Waals surface area (Å²) < 4.78 is 15.3. The van der Waals surface area contributed by atoms with Crippen LogP contribution < -0.4 is 0 Å². The first kappa shape index (κ1) is 12.7. The number of aryl methyl sites for hydroxylation is 1. The number of halogens is 1. The van der Waals surface area contributed by atoms with Crippen molar-refractivity contribution in [2.45, 2.75) is 19.9 Å². The Labute approximate surface area is 116 Å². The van der Waals surface area contributed by atoms with Gasteiger partial charge in [0.05, 0.1) is 11.0 Å². The lowest BCUT2D eigenvalue weighted by Gasteiger charge is -2.07. The molecule has 0 bridgehead atoms. The van der Waals surface area contributed by atoms with E-state index < -0.39 is 0 Å². The Balaban J connectivity index is 2.09. The summed E-state index contributed by atoms with van der Waals surface area (Å²) in [6.07, 6.45) is 0.525. The van der Waals surface area contributed by atoms with Gasteiger partial charge in [0.2, 0.25) is 0 Å². The Kier molecular flexibility index (Phi) is 3.14. The summed E-state index contributed by atoms with van der Waals surface area (Å²) in [6, 6.07) is 11.8. The number of benzene rings is 2. The van der Waals surface area contributed by atoms with Crippen molar-refractivity contribution in [3.8, 4) is 5.75 Å². The molecule has 0 aliphatic rings. The molecule has 4 heteroatoms. The van der Waals surface area contributed by atoms with E-state index in [1.165, 1.54) is 12.1 Å². The molecule has 0 spiro atoms. The lowest BCUT2D eigenvalue weighted by Crippen LogP contribution is -2.02. The van der Waals surface area contributed by atoms with Crippen LogP contribution in [-0.2, 0) is 13.0 Å². The van der Waals surface area contributed by atoms with Crippen LogP contribution in [0.4, 0.5) is 4.39 Å². The van der Waals surface area contributed by atoms with Crippen molar-refractivity contribution in [2.75, 3.05) is 0 Å². The molecule has 0 amide bonds. The molecule has 0 saturated heterocycles. The van der Waals surface area contributed by atoms with Crippen LogP contribution >= 0.6 is 0 Å². The Morgan fingerprint density at radius 3 is 2.75 bits per heavy atom. The zero-order valence-electron chi connectivity index (χ0n) is 11.2. The zero-order chi connectivity index (χ0) is 14.1. The maximum Gasteiger partial charge on any atom is 0.125 e. The first-order valence-electron chi connectivity index (χ1n) is 6.60. The number of nitrogens with zero attached hydrogens (tertiary/aromatic N) is 2. The molecule has 1 aromatic heterocycles. The van der Waals surface area contributed by atoms with Gasteiger partial charge in [-0.1, -0.05) is 18.2 Å². The highest BCUT2D eigenvalue weighted by atomic mass is 19.1. The van der Waals surface area contributed by atoms with Gasteiger partial charge in [-0.15, -0.1) is 0 Å². The first-order chi connectivity index (χ1) is 9.69. The summed E-state index contributed by atoms with van der Waals surface area (Å²) in [7, 11) is 0. The molecule has 3 aromatic rings. The van der Waals surface area contributed by atoms with Crippen molar-refractivity contribution in [1.82, 2.24) is 9.55 Å². The minimum Gasteiger partial charge on any atom is -0.508 e. The van der Waals surface area contributed by atoms with E-state index in [0.717, 1.165) is 23.4 Å². The molecule has 3 nitrogen and oxygen atoms in total. The van der Waals surface area contributed by atoms with Gasteiger partial charge in [0.25, 0.3) is 0 Å². The van der Waals surface area contributed by atoms with E-state index in [4.69, 9.17) is 0 Å². The summed E-state index contributed by atoms with van der Waals surface area (Å²) in [5.74, 6) is 0.801. The fourth-order valence-electron chi connectivity index (χ4n) is 2.47. The third-order valence-electron chi connectivity index (χ3n) is 3.45. The van der Waals surface area contributed by atoms with Crippen molar-refractivity contribution >= 4 is 11.0 Å². The van der Waals surface area contributed by atoms with E-state index in [9.17, 15) is 9.50 Å². The number of phenolic OH excluding ortho intramolecular Hbond substituents is 1. The highest BCUT2D eigenvalue weighted by Gasteiger charge is 2.12.